The van der Waals surface area contributed by atoms with Crippen LogP contribution in [0.5, 0.6) is 0 Å². The van der Waals surface area contributed by atoms with Crippen molar-refractivity contribution in [1.82, 2.24) is 0 Å². The Hall–Kier alpha value is -0.570. The Labute approximate surface area is 53.6 Å². The minimum absolute atomic E-state index is 0.568. The van der Waals surface area contributed by atoms with Gasteiger partial charge in [0.1, 0.15) is 0 Å². The zero-order valence-electron chi connectivity index (χ0n) is 5.13. The first-order valence-electron chi connectivity index (χ1n) is 3.13. The SMILES string of the molecule is O=C([O-])[C@@H]1CCCCO1. The summed E-state index contributed by atoms with van der Waals surface area (Å²) in [6, 6.07) is 0. The number of carbonyl (C=O) groups excluding carboxylic acids is 1. The summed E-state index contributed by atoms with van der Waals surface area (Å²) >= 11 is 0. The monoisotopic (exact) mass is 129 g/mol. The molecule has 0 aromatic rings. The fourth-order valence-electron chi connectivity index (χ4n) is 0.927. The minimum Gasteiger partial charge on any atom is -0.547 e. The summed E-state index contributed by atoms with van der Waals surface area (Å²) in [4.78, 5) is 10.1. The Morgan fingerprint density at radius 2 is 2.33 bits per heavy atom. The first-order valence-corrected chi connectivity index (χ1v) is 3.13. The second-order valence-corrected chi connectivity index (χ2v) is 2.17. The number of hydrogen-bond donors (Lipinski definition) is 0. The molecule has 0 aromatic carbocycles. The van der Waals surface area contributed by atoms with Crippen LogP contribution in [-0.2, 0) is 9.53 Å². The molecular formula is C6H9O3-. The fourth-order valence-corrected chi connectivity index (χ4v) is 0.927. The smallest absolute Gasteiger partial charge is 0.0968 e. The van der Waals surface area contributed by atoms with Crippen LogP contribution in [0.4, 0.5) is 0 Å². The van der Waals surface area contributed by atoms with Gasteiger partial charge in [0.2, 0.25) is 0 Å². The van der Waals surface area contributed by atoms with Crippen LogP contribution in [0.3, 0.4) is 0 Å². The van der Waals surface area contributed by atoms with Crippen molar-refractivity contribution >= 4 is 5.97 Å². The highest BCUT2D eigenvalue weighted by Crippen LogP contribution is 2.11. The molecule has 3 heteroatoms. The zero-order chi connectivity index (χ0) is 6.69. The molecule has 1 heterocycles. The van der Waals surface area contributed by atoms with Crippen LogP contribution in [-0.4, -0.2) is 18.7 Å². The summed E-state index contributed by atoms with van der Waals surface area (Å²) in [5, 5.41) is 10.1. The Balaban J connectivity index is 2.31. The number of carboxylic acid groups (broad SMARTS) is 1. The van der Waals surface area contributed by atoms with E-state index in [1.54, 1.807) is 0 Å². The Morgan fingerprint density at radius 1 is 1.56 bits per heavy atom. The summed E-state index contributed by atoms with van der Waals surface area (Å²) in [6.07, 6.45) is 1.89. The second-order valence-electron chi connectivity index (χ2n) is 2.17. The number of carbonyl (C=O) groups is 1. The largest absolute Gasteiger partial charge is 0.547 e. The molecule has 52 valence electrons. The quantitative estimate of drug-likeness (QED) is 0.470. The van der Waals surface area contributed by atoms with Crippen molar-refractivity contribution in [2.45, 2.75) is 25.4 Å². The molecule has 1 atom stereocenters. The van der Waals surface area contributed by atoms with Gasteiger partial charge in [0, 0.05) is 6.61 Å². The number of ether oxygens (including phenoxy) is 1. The first kappa shape index (κ1) is 6.55. The molecule has 0 N–H and O–H groups in total. The van der Waals surface area contributed by atoms with Crippen LogP contribution in [0.25, 0.3) is 0 Å². The summed E-state index contributed by atoms with van der Waals surface area (Å²) in [6.45, 7) is 0.568. The summed E-state index contributed by atoms with van der Waals surface area (Å²) < 4.78 is 4.88. The molecule has 0 radical (unpaired) electrons. The third-order valence-corrected chi connectivity index (χ3v) is 1.44. The zero-order valence-corrected chi connectivity index (χ0v) is 5.13. The van der Waals surface area contributed by atoms with E-state index < -0.39 is 12.1 Å². The van der Waals surface area contributed by atoms with E-state index in [2.05, 4.69) is 0 Å². The maximum atomic E-state index is 10.1. The molecular weight excluding hydrogens is 120 g/mol. The van der Waals surface area contributed by atoms with Gasteiger partial charge in [-0.2, -0.15) is 0 Å². The molecule has 0 spiro atoms. The topological polar surface area (TPSA) is 49.4 Å². The highest BCUT2D eigenvalue weighted by molar-refractivity contribution is 5.69. The molecule has 1 fully saturated rings. The van der Waals surface area contributed by atoms with E-state index in [1.165, 1.54) is 0 Å². The highest BCUT2D eigenvalue weighted by Gasteiger charge is 2.13. The lowest BCUT2D eigenvalue weighted by molar-refractivity contribution is -0.318. The molecule has 1 aliphatic heterocycles. The van der Waals surface area contributed by atoms with Gasteiger partial charge in [0.05, 0.1) is 12.1 Å². The lowest BCUT2D eigenvalue weighted by atomic mass is 10.1. The van der Waals surface area contributed by atoms with Gasteiger partial charge >= 0.3 is 0 Å². The van der Waals surface area contributed by atoms with Gasteiger partial charge in [0.25, 0.3) is 0 Å². The van der Waals surface area contributed by atoms with Crippen LogP contribution in [0.15, 0.2) is 0 Å². The standard InChI is InChI=1S/C6H10O3/c7-6(8)5-3-1-2-4-9-5/h5H,1-4H2,(H,7,8)/p-1/t5-/m0/s1. The van der Waals surface area contributed by atoms with Crippen molar-refractivity contribution in [3.63, 3.8) is 0 Å². The van der Waals surface area contributed by atoms with E-state index in [1.807, 2.05) is 0 Å². The van der Waals surface area contributed by atoms with E-state index in [9.17, 15) is 9.90 Å². The lowest BCUT2D eigenvalue weighted by Crippen LogP contribution is -2.39. The van der Waals surface area contributed by atoms with E-state index in [-0.39, 0.29) is 0 Å². The molecule has 0 aliphatic carbocycles. The summed E-state index contributed by atoms with van der Waals surface area (Å²) in [5.74, 6) is -1.07. The Morgan fingerprint density at radius 3 is 2.67 bits per heavy atom. The van der Waals surface area contributed by atoms with E-state index in [4.69, 9.17) is 4.74 Å². The number of carboxylic acids is 1. The van der Waals surface area contributed by atoms with Gasteiger partial charge in [-0.15, -0.1) is 0 Å². The molecule has 1 aliphatic rings. The Bertz CT molecular complexity index is 105. The molecule has 0 bridgehead atoms. The first-order chi connectivity index (χ1) is 4.30. The van der Waals surface area contributed by atoms with Crippen LogP contribution < -0.4 is 5.11 Å². The number of hydrogen-bond acceptors (Lipinski definition) is 3. The highest BCUT2D eigenvalue weighted by atomic mass is 16.5. The summed E-state index contributed by atoms with van der Waals surface area (Å²) in [5.41, 5.74) is 0. The van der Waals surface area contributed by atoms with E-state index in [0.29, 0.717) is 13.0 Å². The molecule has 0 amide bonds. The average molecular weight is 129 g/mol. The molecule has 9 heavy (non-hydrogen) atoms. The van der Waals surface area contributed by atoms with E-state index in [0.717, 1.165) is 12.8 Å². The lowest BCUT2D eigenvalue weighted by Gasteiger charge is -2.22. The fraction of sp³-hybridized carbons (Fsp3) is 0.833. The van der Waals surface area contributed by atoms with Crippen LogP contribution in [0.2, 0.25) is 0 Å². The Kier molecular flexibility index (Phi) is 2.05. The van der Waals surface area contributed by atoms with Crippen molar-refractivity contribution in [2.75, 3.05) is 6.61 Å². The van der Waals surface area contributed by atoms with Gasteiger partial charge < -0.3 is 14.6 Å². The van der Waals surface area contributed by atoms with E-state index >= 15 is 0 Å². The predicted molar refractivity (Wildman–Crippen MR) is 28.6 cm³/mol. The normalized spacial score (nSPS) is 27.8. The van der Waals surface area contributed by atoms with Crippen molar-refractivity contribution in [3.05, 3.63) is 0 Å². The third kappa shape index (κ3) is 1.68. The van der Waals surface area contributed by atoms with Crippen molar-refractivity contribution in [2.24, 2.45) is 0 Å². The van der Waals surface area contributed by atoms with Crippen molar-refractivity contribution in [3.8, 4) is 0 Å². The number of rotatable bonds is 1. The average Bonchev–Trinajstić information content (AvgIpc) is 1.90. The van der Waals surface area contributed by atoms with Crippen molar-refractivity contribution in [1.29, 1.82) is 0 Å². The molecule has 0 unspecified atom stereocenters. The molecule has 0 aromatic heterocycles. The number of aliphatic carboxylic acids is 1. The molecule has 0 saturated carbocycles. The van der Waals surface area contributed by atoms with Gasteiger partial charge in [-0.05, 0) is 19.3 Å². The second kappa shape index (κ2) is 2.82. The van der Waals surface area contributed by atoms with Gasteiger partial charge in [-0.25, -0.2) is 0 Å². The predicted octanol–water partition coefficient (Wildman–Crippen LogP) is -0.695. The molecule has 3 nitrogen and oxygen atoms in total. The van der Waals surface area contributed by atoms with Gasteiger partial charge in [0.15, 0.2) is 0 Å². The van der Waals surface area contributed by atoms with Gasteiger partial charge in [-0.3, -0.25) is 0 Å². The van der Waals surface area contributed by atoms with Crippen molar-refractivity contribution < 1.29 is 14.6 Å². The van der Waals surface area contributed by atoms with Crippen LogP contribution >= 0.6 is 0 Å². The summed E-state index contributed by atoms with van der Waals surface area (Å²) in [7, 11) is 0. The van der Waals surface area contributed by atoms with Crippen LogP contribution in [0, 0.1) is 0 Å². The van der Waals surface area contributed by atoms with Gasteiger partial charge in [-0.1, -0.05) is 0 Å². The third-order valence-electron chi connectivity index (χ3n) is 1.44. The minimum atomic E-state index is -1.07. The maximum absolute atomic E-state index is 10.1. The van der Waals surface area contributed by atoms with Crippen LogP contribution in [0.1, 0.15) is 19.3 Å². The maximum Gasteiger partial charge on any atom is 0.0968 e. The molecule has 1 rings (SSSR count). The molecule has 1 saturated heterocycles.